The monoisotopic (exact) mass is 300 g/mol. The Morgan fingerprint density at radius 1 is 0.950 bits per heavy atom. The number of unbranched alkanes of at least 4 members (excludes halogenated alkanes) is 3. The first-order valence-corrected chi connectivity index (χ1v) is 7.55. The zero-order chi connectivity index (χ0) is 15.0. The summed E-state index contributed by atoms with van der Waals surface area (Å²) in [6.07, 6.45) is 5.71. The number of alkyl halides is 1. The van der Waals surface area contributed by atoms with E-state index in [1.54, 1.807) is 21.3 Å². The molecule has 20 heavy (non-hydrogen) atoms. The summed E-state index contributed by atoms with van der Waals surface area (Å²) in [6, 6.07) is 3.69. The summed E-state index contributed by atoms with van der Waals surface area (Å²) in [6.45, 7) is 2.20. The summed E-state index contributed by atoms with van der Waals surface area (Å²) in [5.41, 5.74) is 0.911. The topological polar surface area (TPSA) is 27.7 Å². The molecule has 1 unspecified atom stereocenters. The van der Waals surface area contributed by atoms with E-state index in [0.29, 0.717) is 5.75 Å². The minimum absolute atomic E-state index is 0.109. The van der Waals surface area contributed by atoms with E-state index in [1.165, 1.54) is 19.3 Å². The van der Waals surface area contributed by atoms with Gasteiger partial charge in [-0.1, -0.05) is 32.6 Å². The van der Waals surface area contributed by atoms with Gasteiger partial charge in [0.15, 0.2) is 0 Å². The highest BCUT2D eigenvalue weighted by molar-refractivity contribution is 6.21. The Bertz CT molecular complexity index is 382. The van der Waals surface area contributed by atoms with Crippen LogP contribution in [0.4, 0.5) is 0 Å². The fourth-order valence-electron chi connectivity index (χ4n) is 2.24. The number of halogens is 1. The van der Waals surface area contributed by atoms with Crippen molar-refractivity contribution in [1.29, 1.82) is 0 Å². The van der Waals surface area contributed by atoms with Gasteiger partial charge in [0.2, 0.25) is 0 Å². The summed E-state index contributed by atoms with van der Waals surface area (Å²) in [5.74, 6) is 2.14. The van der Waals surface area contributed by atoms with Crippen molar-refractivity contribution in [2.45, 2.75) is 44.4 Å². The molecule has 114 valence electrons. The fourth-order valence-corrected chi connectivity index (χ4v) is 2.61. The molecular weight excluding hydrogens is 276 g/mol. The van der Waals surface area contributed by atoms with Crippen molar-refractivity contribution in [3.63, 3.8) is 0 Å². The Kier molecular flexibility index (Phi) is 7.60. The van der Waals surface area contributed by atoms with Gasteiger partial charge in [-0.15, -0.1) is 11.6 Å². The lowest BCUT2D eigenvalue weighted by Crippen LogP contribution is -2.01. The minimum atomic E-state index is -0.109. The number of hydrogen-bond donors (Lipinski definition) is 0. The van der Waals surface area contributed by atoms with Crippen LogP contribution in [0.15, 0.2) is 12.1 Å². The maximum atomic E-state index is 6.55. The molecule has 0 aliphatic rings. The molecule has 4 heteroatoms. The van der Waals surface area contributed by atoms with Crippen molar-refractivity contribution in [1.82, 2.24) is 0 Å². The predicted octanol–water partition coefficient (Wildman–Crippen LogP) is 4.96. The van der Waals surface area contributed by atoms with Crippen molar-refractivity contribution < 1.29 is 14.2 Å². The van der Waals surface area contributed by atoms with Crippen LogP contribution in [0.5, 0.6) is 17.2 Å². The second-order valence-electron chi connectivity index (χ2n) is 4.76. The van der Waals surface area contributed by atoms with Gasteiger partial charge in [0.1, 0.15) is 17.2 Å². The van der Waals surface area contributed by atoms with Crippen molar-refractivity contribution >= 4 is 11.6 Å². The summed E-state index contributed by atoms with van der Waals surface area (Å²) in [4.78, 5) is 0. The number of benzene rings is 1. The van der Waals surface area contributed by atoms with Crippen molar-refractivity contribution in [2.24, 2.45) is 0 Å². The largest absolute Gasteiger partial charge is 0.496 e. The van der Waals surface area contributed by atoms with Gasteiger partial charge in [-0.05, 0) is 6.42 Å². The average Bonchev–Trinajstić information content (AvgIpc) is 2.49. The highest BCUT2D eigenvalue weighted by atomic mass is 35.5. The Hall–Kier alpha value is -1.09. The lowest BCUT2D eigenvalue weighted by atomic mass is 10.0. The minimum Gasteiger partial charge on any atom is -0.496 e. The predicted molar refractivity (Wildman–Crippen MR) is 83.5 cm³/mol. The highest BCUT2D eigenvalue weighted by Gasteiger charge is 2.20. The van der Waals surface area contributed by atoms with Gasteiger partial charge >= 0.3 is 0 Å². The van der Waals surface area contributed by atoms with Crippen molar-refractivity contribution in [3.05, 3.63) is 17.7 Å². The van der Waals surface area contributed by atoms with E-state index in [0.717, 1.165) is 29.9 Å². The van der Waals surface area contributed by atoms with Crippen LogP contribution in [0, 0.1) is 0 Å². The van der Waals surface area contributed by atoms with Crippen LogP contribution in [-0.4, -0.2) is 21.3 Å². The molecule has 0 fully saturated rings. The van der Waals surface area contributed by atoms with Gasteiger partial charge in [-0.3, -0.25) is 0 Å². The molecule has 0 spiro atoms. The Labute approximate surface area is 127 Å². The van der Waals surface area contributed by atoms with Crippen LogP contribution in [0.2, 0.25) is 0 Å². The fraction of sp³-hybridized carbons (Fsp3) is 0.625. The van der Waals surface area contributed by atoms with Gasteiger partial charge in [0, 0.05) is 12.1 Å². The molecule has 1 atom stereocenters. The normalized spacial score (nSPS) is 12.1. The van der Waals surface area contributed by atoms with Crippen LogP contribution >= 0.6 is 11.6 Å². The lowest BCUT2D eigenvalue weighted by molar-refractivity contribution is 0.367. The van der Waals surface area contributed by atoms with Gasteiger partial charge in [-0.25, -0.2) is 0 Å². The first-order chi connectivity index (χ1) is 9.67. The zero-order valence-electron chi connectivity index (χ0n) is 12.9. The zero-order valence-corrected chi connectivity index (χ0v) is 13.6. The Balaban J connectivity index is 2.90. The molecule has 0 saturated heterocycles. The second kappa shape index (κ2) is 8.96. The van der Waals surface area contributed by atoms with Gasteiger partial charge < -0.3 is 14.2 Å². The van der Waals surface area contributed by atoms with Crippen molar-refractivity contribution in [3.8, 4) is 17.2 Å². The number of ether oxygens (including phenoxy) is 3. The third-order valence-corrected chi connectivity index (χ3v) is 3.81. The molecule has 1 rings (SSSR count). The van der Waals surface area contributed by atoms with Crippen LogP contribution in [-0.2, 0) is 0 Å². The van der Waals surface area contributed by atoms with Crippen LogP contribution < -0.4 is 14.2 Å². The van der Waals surface area contributed by atoms with Crippen molar-refractivity contribution in [2.75, 3.05) is 21.3 Å². The van der Waals surface area contributed by atoms with E-state index in [4.69, 9.17) is 25.8 Å². The Morgan fingerprint density at radius 3 is 2.00 bits per heavy atom. The molecule has 3 nitrogen and oxygen atoms in total. The summed E-state index contributed by atoms with van der Waals surface area (Å²) in [5, 5.41) is -0.109. The molecule has 0 saturated carbocycles. The first kappa shape index (κ1) is 17.0. The van der Waals surface area contributed by atoms with Gasteiger partial charge in [0.05, 0.1) is 32.3 Å². The molecule has 0 bridgehead atoms. The summed E-state index contributed by atoms with van der Waals surface area (Å²) >= 11 is 6.55. The van der Waals surface area contributed by atoms with E-state index in [-0.39, 0.29) is 5.38 Å². The molecule has 0 aliphatic heterocycles. The molecule has 0 aromatic heterocycles. The van der Waals surface area contributed by atoms with E-state index < -0.39 is 0 Å². The number of methoxy groups -OCH3 is 3. The second-order valence-corrected chi connectivity index (χ2v) is 5.29. The van der Waals surface area contributed by atoms with Gasteiger partial charge in [0.25, 0.3) is 0 Å². The molecule has 0 N–H and O–H groups in total. The smallest absolute Gasteiger partial charge is 0.130 e. The number of hydrogen-bond acceptors (Lipinski definition) is 3. The molecule has 1 aromatic carbocycles. The third-order valence-electron chi connectivity index (χ3n) is 3.38. The number of rotatable bonds is 9. The molecular formula is C16H25ClO3. The molecule has 0 amide bonds. The maximum absolute atomic E-state index is 6.55. The average molecular weight is 301 g/mol. The molecule has 0 aliphatic carbocycles. The van der Waals surface area contributed by atoms with E-state index in [1.807, 2.05) is 12.1 Å². The Morgan fingerprint density at radius 2 is 1.55 bits per heavy atom. The first-order valence-electron chi connectivity index (χ1n) is 7.11. The van der Waals surface area contributed by atoms with E-state index >= 15 is 0 Å². The summed E-state index contributed by atoms with van der Waals surface area (Å²) in [7, 11) is 4.90. The molecule has 0 heterocycles. The van der Waals surface area contributed by atoms with Gasteiger partial charge in [-0.2, -0.15) is 0 Å². The highest BCUT2D eigenvalue weighted by Crippen LogP contribution is 2.42. The van der Waals surface area contributed by atoms with Crippen LogP contribution in [0.25, 0.3) is 0 Å². The van der Waals surface area contributed by atoms with E-state index in [2.05, 4.69) is 6.92 Å². The molecule has 0 radical (unpaired) electrons. The van der Waals surface area contributed by atoms with Crippen LogP contribution in [0.3, 0.4) is 0 Å². The quantitative estimate of drug-likeness (QED) is 0.476. The maximum Gasteiger partial charge on any atom is 0.130 e. The third kappa shape index (κ3) is 4.48. The molecule has 1 aromatic rings. The SMILES string of the molecule is CCCCCCC(Cl)c1c(OC)cc(OC)cc1OC. The lowest BCUT2D eigenvalue weighted by Gasteiger charge is -2.18. The van der Waals surface area contributed by atoms with E-state index in [9.17, 15) is 0 Å². The standard InChI is InChI=1S/C16H25ClO3/c1-5-6-7-8-9-13(17)16-14(19-3)10-12(18-2)11-15(16)20-4/h10-11,13H,5-9H2,1-4H3. The summed E-state index contributed by atoms with van der Waals surface area (Å²) < 4.78 is 16.1. The van der Waals surface area contributed by atoms with Crippen LogP contribution in [0.1, 0.15) is 50.0 Å².